The third-order valence-corrected chi connectivity index (χ3v) is 2.83. The average molecular weight is 235 g/mol. The number of halogens is 3. The van der Waals surface area contributed by atoms with E-state index in [2.05, 4.69) is 4.98 Å². The van der Waals surface area contributed by atoms with E-state index in [-0.39, 0.29) is 10.4 Å². The quantitative estimate of drug-likeness (QED) is 0.713. The van der Waals surface area contributed by atoms with Gasteiger partial charge in [0.05, 0.1) is 11.2 Å². The van der Waals surface area contributed by atoms with Gasteiger partial charge in [0.15, 0.2) is 16.9 Å². The Hall–Kier alpha value is -1.21. The molecule has 0 radical (unpaired) electrons. The molecule has 1 aromatic carbocycles. The molecule has 0 saturated heterocycles. The molecule has 0 N–H and O–H groups in total. The van der Waals surface area contributed by atoms with E-state index in [1.807, 2.05) is 0 Å². The minimum absolute atomic E-state index is 0.255. The average Bonchev–Trinajstić information content (AvgIpc) is 2.61. The minimum atomic E-state index is -4.75. The van der Waals surface area contributed by atoms with Crippen molar-refractivity contribution in [2.45, 2.75) is 10.4 Å². The van der Waals surface area contributed by atoms with Crippen LogP contribution in [-0.4, -0.2) is 15.0 Å². The highest BCUT2D eigenvalue weighted by molar-refractivity contribution is 7.92. The molecule has 0 amide bonds. The van der Waals surface area contributed by atoms with Gasteiger partial charge in [0.2, 0.25) is 0 Å². The molecule has 3 nitrogen and oxygen atoms in total. The molecule has 0 aliphatic heterocycles. The first kappa shape index (κ1) is 10.3. The monoisotopic (exact) mass is 235 g/mol. The fraction of sp³-hybridized carbons (Fsp3) is 0.125. The number of alkyl halides is 3. The Morgan fingerprint density at radius 1 is 1.33 bits per heavy atom. The Bertz CT molecular complexity index is 482. The number of rotatable bonds is 1. The molecule has 2 aromatic rings. The van der Waals surface area contributed by atoms with Gasteiger partial charge in [0.1, 0.15) is 5.52 Å². The van der Waals surface area contributed by atoms with Crippen LogP contribution >= 0.6 is 0 Å². The zero-order chi connectivity index (χ0) is 11.1. The summed E-state index contributed by atoms with van der Waals surface area (Å²) in [6.45, 7) is 0. The van der Waals surface area contributed by atoms with E-state index in [1.165, 1.54) is 6.07 Å². The first-order chi connectivity index (χ1) is 6.98. The molecule has 80 valence electrons. The highest BCUT2D eigenvalue weighted by Crippen LogP contribution is 2.31. The summed E-state index contributed by atoms with van der Waals surface area (Å²) >= 11 is -3.02. The van der Waals surface area contributed by atoms with Crippen molar-refractivity contribution in [1.29, 1.82) is 0 Å². The Kier molecular flexibility index (Phi) is 2.35. The smallest absolute Gasteiger partial charge is 0.578 e. The van der Waals surface area contributed by atoms with Gasteiger partial charge in [-0.05, 0) is 12.1 Å². The molecule has 1 heterocycles. The molecular formula is C8H4F3NO2S. The molecule has 0 bridgehead atoms. The molecule has 1 aromatic heterocycles. The van der Waals surface area contributed by atoms with Gasteiger partial charge < -0.3 is 8.97 Å². The Morgan fingerprint density at radius 3 is 2.73 bits per heavy atom. The van der Waals surface area contributed by atoms with Crippen LogP contribution < -0.4 is 0 Å². The van der Waals surface area contributed by atoms with Gasteiger partial charge in [0.25, 0.3) is 0 Å². The van der Waals surface area contributed by atoms with Gasteiger partial charge in [-0.25, -0.2) is 4.98 Å². The normalized spacial score (nSPS) is 14.4. The fourth-order valence-corrected chi connectivity index (χ4v) is 1.76. The van der Waals surface area contributed by atoms with Crippen molar-refractivity contribution < 1.29 is 22.1 Å². The second-order valence-electron chi connectivity index (χ2n) is 2.70. The van der Waals surface area contributed by atoms with E-state index in [0.29, 0.717) is 5.58 Å². The van der Waals surface area contributed by atoms with Gasteiger partial charge in [-0.15, -0.1) is 13.2 Å². The number of aromatic nitrogens is 1. The maximum absolute atomic E-state index is 12.1. The molecule has 0 fully saturated rings. The van der Waals surface area contributed by atoms with Gasteiger partial charge in [-0.3, -0.25) is 0 Å². The molecule has 0 aliphatic rings. The SMILES string of the molecule is [O-][S+](c1ccc2ocnc2c1)C(F)(F)F. The summed E-state index contributed by atoms with van der Waals surface area (Å²) in [6, 6.07) is 3.51. The second kappa shape index (κ2) is 3.42. The molecule has 0 saturated carbocycles. The van der Waals surface area contributed by atoms with E-state index in [0.717, 1.165) is 18.5 Å². The lowest BCUT2D eigenvalue weighted by Gasteiger charge is -2.11. The van der Waals surface area contributed by atoms with Crippen molar-refractivity contribution in [3.8, 4) is 0 Å². The van der Waals surface area contributed by atoms with Gasteiger partial charge in [0, 0.05) is 6.07 Å². The number of fused-ring (bicyclic) bond motifs is 1. The molecule has 1 unspecified atom stereocenters. The summed E-state index contributed by atoms with van der Waals surface area (Å²) in [4.78, 5) is 3.35. The lowest BCUT2D eigenvalue weighted by molar-refractivity contribution is -0.0435. The van der Waals surface area contributed by atoms with Crippen molar-refractivity contribution in [2.24, 2.45) is 0 Å². The Morgan fingerprint density at radius 2 is 2.07 bits per heavy atom. The molecular weight excluding hydrogens is 231 g/mol. The highest BCUT2D eigenvalue weighted by atomic mass is 32.2. The Balaban J connectivity index is 2.44. The van der Waals surface area contributed by atoms with Crippen LogP contribution in [0.4, 0.5) is 13.2 Å². The lowest BCUT2D eigenvalue weighted by atomic mass is 10.3. The Labute approximate surface area is 85.1 Å². The first-order valence-electron chi connectivity index (χ1n) is 3.80. The van der Waals surface area contributed by atoms with E-state index >= 15 is 0 Å². The van der Waals surface area contributed by atoms with Crippen LogP contribution in [0.25, 0.3) is 11.1 Å². The van der Waals surface area contributed by atoms with Gasteiger partial charge in [-0.2, -0.15) is 0 Å². The van der Waals surface area contributed by atoms with Gasteiger partial charge >= 0.3 is 5.51 Å². The van der Waals surface area contributed by atoms with Crippen molar-refractivity contribution >= 4 is 22.3 Å². The van der Waals surface area contributed by atoms with Crippen LogP contribution in [0.2, 0.25) is 0 Å². The molecule has 15 heavy (non-hydrogen) atoms. The zero-order valence-corrected chi connectivity index (χ0v) is 7.93. The van der Waals surface area contributed by atoms with Crippen LogP contribution in [0.15, 0.2) is 33.9 Å². The summed E-state index contributed by atoms with van der Waals surface area (Å²) in [6.07, 6.45) is 1.12. The third-order valence-electron chi connectivity index (χ3n) is 1.73. The van der Waals surface area contributed by atoms with Crippen LogP contribution in [-0.2, 0) is 11.2 Å². The molecule has 1 atom stereocenters. The lowest BCUT2D eigenvalue weighted by Crippen LogP contribution is -2.23. The second-order valence-corrected chi connectivity index (χ2v) is 4.17. The van der Waals surface area contributed by atoms with Crippen LogP contribution in [0.3, 0.4) is 0 Å². The standard InChI is InChI=1S/C8H4F3NO2S/c9-8(10,11)15(13)5-1-2-7-6(3-5)12-4-14-7/h1-4H. The van der Waals surface area contributed by atoms with E-state index in [9.17, 15) is 17.7 Å². The largest absolute Gasteiger partial charge is 0.604 e. The fourth-order valence-electron chi connectivity index (χ4n) is 1.09. The zero-order valence-electron chi connectivity index (χ0n) is 7.12. The predicted molar refractivity (Wildman–Crippen MR) is 46.5 cm³/mol. The van der Waals surface area contributed by atoms with Crippen molar-refractivity contribution in [1.82, 2.24) is 4.98 Å². The summed E-state index contributed by atoms with van der Waals surface area (Å²) in [5, 5.41) is 0. The maximum Gasteiger partial charge on any atom is 0.578 e. The number of nitrogens with zero attached hydrogens (tertiary/aromatic N) is 1. The van der Waals surface area contributed by atoms with E-state index in [4.69, 9.17) is 4.42 Å². The van der Waals surface area contributed by atoms with Crippen molar-refractivity contribution in [2.75, 3.05) is 0 Å². The number of hydrogen-bond acceptors (Lipinski definition) is 3. The maximum atomic E-state index is 12.1. The van der Waals surface area contributed by atoms with Crippen molar-refractivity contribution in [3.05, 3.63) is 24.6 Å². The summed E-state index contributed by atoms with van der Waals surface area (Å²) in [5.41, 5.74) is -4.14. The van der Waals surface area contributed by atoms with Crippen LogP contribution in [0.1, 0.15) is 0 Å². The van der Waals surface area contributed by atoms with Crippen molar-refractivity contribution in [3.63, 3.8) is 0 Å². The van der Waals surface area contributed by atoms with Crippen LogP contribution in [0, 0.1) is 0 Å². The van der Waals surface area contributed by atoms with E-state index < -0.39 is 16.7 Å². The highest BCUT2D eigenvalue weighted by Gasteiger charge is 2.46. The third kappa shape index (κ3) is 1.93. The molecule has 2 rings (SSSR count). The molecule has 7 heteroatoms. The first-order valence-corrected chi connectivity index (χ1v) is 4.95. The van der Waals surface area contributed by atoms with Gasteiger partial charge in [-0.1, -0.05) is 0 Å². The summed E-state index contributed by atoms with van der Waals surface area (Å²) in [7, 11) is 0. The molecule has 0 spiro atoms. The summed E-state index contributed by atoms with van der Waals surface area (Å²) in [5.74, 6) is 0. The predicted octanol–water partition coefficient (Wildman–Crippen LogP) is 2.46. The minimum Gasteiger partial charge on any atom is -0.604 e. The number of hydrogen-bond donors (Lipinski definition) is 0. The number of oxazole rings is 1. The topological polar surface area (TPSA) is 49.1 Å². The number of benzene rings is 1. The van der Waals surface area contributed by atoms with E-state index in [1.54, 1.807) is 0 Å². The molecule has 0 aliphatic carbocycles. The van der Waals surface area contributed by atoms with Crippen LogP contribution in [0.5, 0.6) is 0 Å². The summed E-state index contributed by atoms with van der Waals surface area (Å²) < 4.78 is 52.2.